The van der Waals surface area contributed by atoms with E-state index in [1.807, 2.05) is 0 Å². The van der Waals surface area contributed by atoms with E-state index in [-0.39, 0.29) is 13.2 Å². The van der Waals surface area contributed by atoms with Crippen LogP contribution in [0.3, 0.4) is 0 Å². The van der Waals surface area contributed by atoms with Crippen LogP contribution in [0, 0.1) is 23.7 Å². The van der Waals surface area contributed by atoms with Crippen molar-refractivity contribution in [3.63, 3.8) is 0 Å². The molecule has 2 rings (SSSR count). The van der Waals surface area contributed by atoms with Gasteiger partial charge in [0.15, 0.2) is 0 Å². The second kappa shape index (κ2) is 3.67. The number of hydrogen-bond donors (Lipinski definition) is 2. The Morgan fingerprint density at radius 2 is 1.50 bits per heavy atom. The second-order valence-corrected chi connectivity index (χ2v) is 4.94. The minimum absolute atomic E-state index is 0.239. The van der Waals surface area contributed by atoms with Crippen molar-refractivity contribution in [1.29, 1.82) is 0 Å². The summed E-state index contributed by atoms with van der Waals surface area (Å²) in [5.41, 5.74) is 2.95. The largest absolute Gasteiger partial charge is 0.396 e. The normalized spacial score (nSPS) is 40.7. The number of aliphatic hydroxyl groups is 2. The van der Waals surface area contributed by atoms with Gasteiger partial charge in [-0.25, -0.2) is 0 Å². The van der Waals surface area contributed by atoms with Crippen LogP contribution >= 0.6 is 0 Å². The van der Waals surface area contributed by atoms with Crippen molar-refractivity contribution in [2.45, 2.75) is 26.7 Å². The summed E-state index contributed by atoms with van der Waals surface area (Å²) in [6.45, 7) is 4.80. The van der Waals surface area contributed by atoms with Gasteiger partial charge in [-0.1, -0.05) is 11.1 Å². The average molecular weight is 196 g/mol. The van der Waals surface area contributed by atoms with E-state index >= 15 is 0 Å². The van der Waals surface area contributed by atoms with Crippen LogP contribution < -0.4 is 0 Å². The second-order valence-electron chi connectivity index (χ2n) is 4.94. The zero-order valence-electron chi connectivity index (χ0n) is 9.03. The van der Waals surface area contributed by atoms with Gasteiger partial charge in [0.2, 0.25) is 0 Å². The van der Waals surface area contributed by atoms with Crippen molar-refractivity contribution >= 4 is 0 Å². The van der Waals surface area contributed by atoms with Crippen LogP contribution in [0.1, 0.15) is 26.7 Å². The molecule has 2 nitrogen and oxygen atoms in total. The summed E-state index contributed by atoms with van der Waals surface area (Å²) in [6.07, 6.45) is 2.43. The fraction of sp³-hybridized carbons (Fsp3) is 0.833. The molecule has 0 saturated heterocycles. The standard InChI is InChI=1S/C12H20O2/c1-7(2)12-8-3-4-9(12)11(6-14)10(8)5-13/h8-11,13-14H,3-6H2,1-2H3/t8-,9-,10-,11+/m0/s1. The molecule has 2 saturated carbocycles. The molecule has 2 heteroatoms. The van der Waals surface area contributed by atoms with E-state index < -0.39 is 0 Å². The third kappa shape index (κ3) is 1.24. The van der Waals surface area contributed by atoms with E-state index in [4.69, 9.17) is 0 Å². The molecule has 2 N–H and O–H groups in total. The minimum Gasteiger partial charge on any atom is -0.396 e. The van der Waals surface area contributed by atoms with Crippen LogP contribution in [0.5, 0.6) is 0 Å². The van der Waals surface area contributed by atoms with Crippen molar-refractivity contribution in [2.24, 2.45) is 23.7 Å². The SMILES string of the molecule is CC(C)=C1[C@H]2CC[C@H]1[C@@H](CO)[C@H]2CO. The van der Waals surface area contributed by atoms with E-state index in [2.05, 4.69) is 13.8 Å². The molecule has 0 spiro atoms. The summed E-state index contributed by atoms with van der Waals surface area (Å²) in [7, 11) is 0. The molecule has 2 fully saturated rings. The first kappa shape index (κ1) is 10.2. The Labute approximate surface area is 85.6 Å². The lowest BCUT2D eigenvalue weighted by atomic mass is 9.80. The van der Waals surface area contributed by atoms with E-state index in [0.29, 0.717) is 23.7 Å². The Balaban J connectivity index is 2.32. The maximum absolute atomic E-state index is 9.36. The third-order valence-corrected chi connectivity index (χ3v) is 4.17. The molecule has 0 radical (unpaired) electrons. The molecule has 0 aromatic heterocycles. The Morgan fingerprint density at radius 1 is 1.07 bits per heavy atom. The topological polar surface area (TPSA) is 40.5 Å². The molecule has 2 aliphatic rings. The molecule has 0 aromatic carbocycles. The van der Waals surface area contributed by atoms with Gasteiger partial charge < -0.3 is 10.2 Å². The average Bonchev–Trinajstić information content (AvgIpc) is 2.70. The molecule has 4 atom stereocenters. The van der Waals surface area contributed by atoms with Crippen molar-refractivity contribution in [3.8, 4) is 0 Å². The number of hydrogen-bond acceptors (Lipinski definition) is 2. The fourth-order valence-electron chi connectivity index (χ4n) is 3.70. The molecule has 80 valence electrons. The molecule has 0 aliphatic heterocycles. The zero-order valence-corrected chi connectivity index (χ0v) is 9.03. The van der Waals surface area contributed by atoms with Gasteiger partial charge in [0.05, 0.1) is 0 Å². The van der Waals surface area contributed by atoms with E-state index in [1.165, 1.54) is 18.4 Å². The van der Waals surface area contributed by atoms with Gasteiger partial charge in [0.1, 0.15) is 0 Å². The highest BCUT2D eigenvalue weighted by Crippen LogP contribution is 2.56. The zero-order chi connectivity index (χ0) is 10.3. The molecule has 0 unspecified atom stereocenters. The van der Waals surface area contributed by atoms with Crippen LogP contribution in [0.15, 0.2) is 11.1 Å². The van der Waals surface area contributed by atoms with Crippen LogP contribution in [0.25, 0.3) is 0 Å². The monoisotopic (exact) mass is 196 g/mol. The van der Waals surface area contributed by atoms with E-state index in [1.54, 1.807) is 5.57 Å². The highest BCUT2D eigenvalue weighted by molar-refractivity contribution is 5.28. The summed E-state index contributed by atoms with van der Waals surface area (Å²) in [4.78, 5) is 0. The molecular formula is C12H20O2. The van der Waals surface area contributed by atoms with Crippen LogP contribution in [0.4, 0.5) is 0 Å². The van der Waals surface area contributed by atoms with E-state index in [0.717, 1.165) is 0 Å². The Hall–Kier alpha value is -0.340. The van der Waals surface area contributed by atoms with Gasteiger partial charge in [-0.2, -0.15) is 0 Å². The molecular weight excluding hydrogens is 176 g/mol. The molecule has 2 bridgehead atoms. The lowest BCUT2D eigenvalue weighted by molar-refractivity contribution is 0.0791. The quantitative estimate of drug-likeness (QED) is 0.658. The maximum Gasteiger partial charge on any atom is 0.0468 e. The van der Waals surface area contributed by atoms with Crippen LogP contribution in [-0.4, -0.2) is 23.4 Å². The van der Waals surface area contributed by atoms with Gasteiger partial charge in [-0.05, 0) is 50.4 Å². The summed E-state index contributed by atoms with van der Waals surface area (Å²) in [6, 6.07) is 0. The fourth-order valence-corrected chi connectivity index (χ4v) is 3.70. The lowest BCUT2D eigenvalue weighted by Gasteiger charge is -2.27. The molecule has 0 aromatic rings. The van der Waals surface area contributed by atoms with Crippen molar-refractivity contribution < 1.29 is 10.2 Å². The first-order valence-corrected chi connectivity index (χ1v) is 5.59. The summed E-state index contributed by atoms with van der Waals surface area (Å²) in [5.74, 6) is 1.77. The van der Waals surface area contributed by atoms with Gasteiger partial charge in [-0.15, -0.1) is 0 Å². The Morgan fingerprint density at radius 3 is 1.79 bits per heavy atom. The smallest absolute Gasteiger partial charge is 0.0468 e. The van der Waals surface area contributed by atoms with Crippen molar-refractivity contribution in [3.05, 3.63) is 11.1 Å². The van der Waals surface area contributed by atoms with E-state index in [9.17, 15) is 10.2 Å². The van der Waals surface area contributed by atoms with Gasteiger partial charge in [0, 0.05) is 13.2 Å². The number of aliphatic hydroxyl groups excluding tert-OH is 2. The van der Waals surface area contributed by atoms with Crippen LogP contribution in [0.2, 0.25) is 0 Å². The predicted octanol–water partition coefficient (Wildman–Crippen LogP) is 1.58. The van der Waals surface area contributed by atoms with Gasteiger partial charge in [0.25, 0.3) is 0 Å². The van der Waals surface area contributed by atoms with Gasteiger partial charge >= 0.3 is 0 Å². The van der Waals surface area contributed by atoms with Crippen molar-refractivity contribution in [1.82, 2.24) is 0 Å². The maximum atomic E-state index is 9.36. The highest BCUT2D eigenvalue weighted by Gasteiger charge is 2.50. The third-order valence-electron chi connectivity index (χ3n) is 4.17. The number of rotatable bonds is 2. The lowest BCUT2D eigenvalue weighted by Crippen LogP contribution is -2.27. The summed E-state index contributed by atoms with van der Waals surface area (Å²) < 4.78 is 0. The molecule has 0 amide bonds. The number of allylic oxidation sites excluding steroid dienone is 2. The summed E-state index contributed by atoms with van der Waals surface area (Å²) >= 11 is 0. The first-order valence-electron chi connectivity index (χ1n) is 5.59. The van der Waals surface area contributed by atoms with Gasteiger partial charge in [-0.3, -0.25) is 0 Å². The Kier molecular flexibility index (Phi) is 2.67. The number of fused-ring (bicyclic) bond motifs is 2. The molecule has 2 aliphatic carbocycles. The minimum atomic E-state index is 0.239. The highest BCUT2D eigenvalue weighted by atomic mass is 16.3. The van der Waals surface area contributed by atoms with Crippen LogP contribution in [-0.2, 0) is 0 Å². The first-order chi connectivity index (χ1) is 6.70. The predicted molar refractivity (Wildman–Crippen MR) is 55.7 cm³/mol. The van der Waals surface area contributed by atoms with Crippen molar-refractivity contribution in [2.75, 3.05) is 13.2 Å². The molecule has 14 heavy (non-hydrogen) atoms. The Bertz CT molecular complexity index is 233. The summed E-state index contributed by atoms with van der Waals surface area (Å²) in [5, 5.41) is 18.7. The molecule has 0 heterocycles.